The number of fused-ring (bicyclic) bond motifs is 1. The Morgan fingerprint density at radius 3 is 2.33 bits per heavy atom. The third kappa shape index (κ3) is 12.6. The van der Waals surface area contributed by atoms with E-state index in [0.29, 0.717) is 35.6 Å². The lowest BCUT2D eigenvalue weighted by atomic mass is 10.1. The smallest absolute Gasteiger partial charge is 0.332 e. The van der Waals surface area contributed by atoms with Gasteiger partial charge in [-0.15, -0.1) is 0 Å². The molecule has 0 saturated carbocycles. The molecule has 242 valence electrons. The Morgan fingerprint density at radius 1 is 1.02 bits per heavy atom. The molecule has 2 aromatic rings. The standard InChI is InChI=1S/C26H41ClN4O8P2S2/c1-4-30(5-2)16-9-10-19(3)31(23-14-15-28-22-18-20(27)12-13-21(22)23)26(33)43-42-17-8-6-7-11-24(32)29-25(40(34,35)36)41(37,38)39/h12-15,18-19,25H,4-11,16-17H2,1-3H3,(H,29,32)(H2,34,35,36)(H2,37,38,39). The first-order chi connectivity index (χ1) is 20.2. The Morgan fingerprint density at radius 2 is 1.70 bits per heavy atom. The Hall–Kier alpha value is -1.18. The van der Waals surface area contributed by atoms with E-state index in [0.717, 1.165) is 54.3 Å². The maximum atomic E-state index is 13.6. The van der Waals surface area contributed by atoms with Crippen LogP contribution in [0.3, 0.4) is 0 Å². The molecule has 0 aliphatic rings. The van der Waals surface area contributed by atoms with Crippen LogP contribution in [0.25, 0.3) is 10.9 Å². The van der Waals surface area contributed by atoms with Crippen LogP contribution >= 0.6 is 48.4 Å². The van der Waals surface area contributed by atoms with E-state index >= 15 is 0 Å². The van der Waals surface area contributed by atoms with Crippen LogP contribution in [0.5, 0.6) is 0 Å². The second-order valence-electron chi connectivity index (χ2n) is 9.98. The molecular weight excluding hydrogens is 658 g/mol. The Kier molecular flexibility index (Phi) is 16.0. The van der Waals surface area contributed by atoms with Crippen LogP contribution in [-0.4, -0.2) is 77.6 Å². The number of hydrogen-bond donors (Lipinski definition) is 5. The van der Waals surface area contributed by atoms with Crippen molar-refractivity contribution in [1.29, 1.82) is 0 Å². The molecule has 1 aromatic carbocycles. The van der Waals surface area contributed by atoms with Gasteiger partial charge in [-0.1, -0.05) is 42.7 Å². The summed E-state index contributed by atoms with van der Waals surface area (Å²) in [6.07, 6.45) is 4.87. The minimum absolute atomic E-state index is 0.0685. The highest BCUT2D eigenvalue weighted by Crippen LogP contribution is 2.58. The van der Waals surface area contributed by atoms with Crippen molar-refractivity contribution in [3.8, 4) is 0 Å². The summed E-state index contributed by atoms with van der Waals surface area (Å²) < 4.78 is 22.6. The third-order valence-corrected chi connectivity index (χ3v) is 12.5. The number of anilines is 1. The van der Waals surface area contributed by atoms with Crippen molar-refractivity contribution in [2.75, 3.05) is 30.3 Å². The average Bonchev–Trinajstić information content (AvgIpc) is 2.92. The average molecular weight is 699 g/mol. The van der Waals surface area contributed by atoms with E-state index in [-0.39, 0.29) is 17.7 Å². The molecular formula is C26H41ClN4O8P2S2. The normalized spacial score (nSPS) is 13.1. The number of nitrogens with zero attached hydrogens (tertiary/aromatic N) is 3. The number of rotatable bonds is 18. The van der Waals surface area contributed by atoms with E-state index in [1.165, 1.54) is 10.8 Å². The molecule has 2 amide bonds. The summed E-state index contributed by atoms with van der Waals surface area (Å²) in [5.41, 5.74) is -1.08. The van der Waals surface area contributed by atoms with Gasteiger partial charge in [0.05, 0.1) is 11.2 Å². The molecule has 17 heteroatoms. The molecule has 0 aliphatic carbocycles. The van der Waals surface area contributed by atoms with Gasteiger partial charge in [0.15, 0.2) is 0 Å². The van der Waals surface area contributed by atoms with Crippen LogP contribution in [0.4, 0.5) is 10.5 Å². The summed E-state index contributed by atoms with van der Waals surface area (Å²) in [7, 11) is -7.93. The van der Waals surface area contributed by atoms with Gasteiger partial charge in [0.2, 0.25) is 11.4 Å². The molecule has 1 atom stereocenters. The highest BCUT2D eigenvalue weighted by Gasteiger charge is 2.44. The Labute approximate surface area is 265 Å². The number of aromatic nitrogens is 1. The van der Waals surface area contributed by atoms with Crippen LogP contribution in [0.15, 0.2) is 30.5 Å². The zero-order valence-electron chi connectivity index (χ0n) is 24.5. The van der Waals surface area contributed by atoms with E-state index in [2.05, 4.69) is 23.7 Å². The fourth-order valence-electron chi connectivity index (χ4n) is 4.45. The van der Waals surface area contributed by atoms with E-state index in [4.69, 9.17) is 31.2 Å². The van der Waals surface area contributed by atoms with Gasteiger partial charge in [-0.25, -0.2) is 0 Å². The summed E-state index contributed by atoms with van der Waals surface area (Å²) in [5.74, 6) is -0.243. The zero-order valence-corrected chi connectivity index (χ0v) is 28.6. The van der Waals surface area contributed by atoms with Crippen LogP contribution in [0, 0.1) is 0 Å². The third-order valence-electron chi connectivity index (χ3n) is 6.76. The molecule has 12 nitrogen and oxygen atoms in total. The lowest BCUT2D eigenvalue weighted by Gasteiger charge is -2.30. The van der Waals surface area contributed by atoms with Crippen LogP contribution in [0.1, 0.15) is 59.3 Å². The van der Waals surface area contributed by atoms with Crippen molar-refractivity contribution < 1.29 is 38.3 Å². The van der Waals surface area contributed by atoms with Gasteiger partial charge in [-0.2, -0.15) is 0 Å². The van der Waals surface area contributed by atoms with Gasteiger partial charge in [-0.05, 0) is 76.5 Å². The molecule has 5 N–H and O–H groups in total. The predicted octanol–water partition coefficient (Wildman–Crippen LogP) is 6.02. The molecule has 0 aliphatic heterocycles. The molecule has 2 rings (SSSR count). The minimum Gasteiger partial charge on any atom is -0.332 e. The van der Waals surface area contributed by atoms with Crippen LogP contribution < -0.4 is 10.2 Å². The van der Waals surface area contributed by atoms with Crippen molar-refractivity contribution in [3.05, 3.63) is 35.5 Å². The fourth-order valence-corrected chi connectivity index (χ4v) is 8.82. The number of amides is 2. The number of pyridine rings is 1. The second kappa shape index (κ2) is 18.1. The second-order valence-corrected chi connectivity index (χ2v) is 16.6. The molecule has 1 aromatic heterocycles. The number of hydrogen-bond acceptors (Lipinski definition) is 8. The molecule has 0 saturated heterocycles. The van der Waals surface area contributed by atoms with Crippen LogP contribution in [0.2, 0.25) is 5.02 Å². The number of carbonyl (C=O) groups is 2. The number of carbonyl (C=O) groups excluding carboxylic acids is 2. The first-order valence-electron chi connectivity index (χ1n) is 14.0. The van der Waals surface area contributed by atoms with Gasteiger partial charge >= 0.3 is 15.2 Å². The minimum atomic E-state index is -5.23. The van der Waals surface area contributed by atoms with Gasteiger partial charge in [-0.3, -0.25) is 28.6 Å². The number of nitrogens with one attached hydrogen (secondary N) is 1. The van der Waals surface area contributed by atoms with Gasteiger partial charge in [0.1, 0.15) is 0 Å². The topological polar surface area (TPSA) is 181 Å². The molecule has 0 radical (unpaired) electrons. The van der Waals surface area contributed by atoms with Crippen LogP contribution in [-0.2, 0) is 13.9 Å². The molecule has 1 heterocycles. The van der Waals surface area contributed by atoms with Crippen molar-refractivity contribution in [1.82, 2.24) is 15.2 Å². The molecule has 1 unspecified atom stereocenters. The maximum Gasteiger partial charge on any atom is 0.360 e. The molecule has 43 heavy (non-hydrogen) atoms. The number of halogens is 1. The van der Waals surface area contributed by atoms with E-state index in [9.17, 15) is 18.7 Å². The van der Waals surface area contributed by atoms with Crippen molar-refractivity contribution in [2.45, 2.75) is 70.9 Å². The van der Waals surface area contributed by atoms with Crippen molar-refractivity contribution in [2.24, 2.45) is 0 Å². The van der Waals surface area contributed by atoms with Gasteiger partial charge < -0.3 is 29.8 Å². The Bertz CT molecular complexity index is 1290. The van der Waals surface area contributed by atoms with E-state index in [1.807, 2.05) is 24.0 Å². The van der Waals surface area contributed by atoms with Gasteiger partial charge in [0, 0.05) is 45.6 Å². The van der Waals surface area contributed by atoms with Crippen molar-refractivity contribution >= 4 is 76.1 Å². The molecule has 0 spiro atoms. The number of benzene rings is 1. The van der Waals surface area contributed by atoms with Crippen molar-refractivity contribution in [3.63, 3.8) is 0 Å². The lowest BCUT2D eigenvalue weighted by Crippen LogP contribution is -2.37. The van der Waals surface area contributed by atoms with E-state index in [1.54, 1.807) is 23.6 Å². The first kappa shape index (κ1) is 38.0. The summed E-state index contributed by atoms with van der Waals surface area (Å²) in [5, 5.41) is 3.04. The maximum absolute atomic E-state index is 13.6. The zero-order chi connectivity index (χ0) is 32.2. The summed E-state index contributed by atoms with van der Waals surface area (Å²) in [6.45, 7) is 9.21. The largest absolute Gasteiger partial charge is 0.360 e. The summed E-state index contributed by atoms with van der Waals surface area (Å²) >= 11 is 6.18. The predicted molar refractivity (Wildman–Crippen MR) is 176 cm³/mol. The van der Waals surface area contributed by atoms with E-state index < -0.39 is 26.6 Å². The molecule has 0 bridgehead atoms. The lowest BCUT2D eigenvalue weighted by molar-refractivity contribution is -0.121. The first-order valence-corrected chi connectivity index (χ1v) is 20.0. The highest BCUT2D eigenvalue weighted by molar-refractivity contribution is 8.82. The quantitative estimate of drug-likeness (QED) is 0.0695. The Balaban J connectivity index is 1.95. The fraction of sp³-hybridized carbons (Fsp3) is 0.577. The van der Waals surface area contributed by atoms with Gasteiger partial charge in [0.25, 0.3) is 5.24 Å². The monoisotopic (exact) mass is 698 g/mol. The number of unbranched alkanes of at least 4 members (excludes halogenated alkanes) is 2. The highest BCUT2D eigenvalue weighted by atomic mass is 35.5. The SMILES string of the molecule is CCN(CC)CCCC(C)N(C(=O)SSCCCCCC(=O)NC(P(=O)(O)O)P(=O)(O)O)c1ccnc2cc(Cl)ccc12. The molecule has 0 fully saturated rings. The summed E-state index contributed by atoms with van der Waals surface area (Å²) in [6, 6.07) is 7.20. The summed E-state index contributed by atoms with van der Waals surface area (Å²) in [4.78, 5) is 70.7.